The monoisotopic (exact) mass is 374 g/mol. The van der Waals surface area contributed by atoms with E-state index in [0.717, 1.165) is 22.1 Å². The Hall–Kier alpha value is -2.62. The van der Waals surface area contributed by atoms with Crippen LogP contribution in [0.2, 0.25) is 5.02 Å². The molecule has 0 saturated carbocycles. The van der Waals surface area contributed by atoms with E-state index in [-0.39, 0.29) is 0 Å². The first-order chi connectivity index (χ1) is 12.8. The fourth-order valence-electron chi connectivity index (χ4n) is 3.37. The molecule has 0 saturated heterocycles. The Kier molecular flexibility index (Phi) is 3.77. The highest BCUT2D eigenvalue weighted by Crippen LogP contribution is 2.36. The van der Waals surface area contributed by atoms with E-state index < -0.39 is 0 Å². The Morgan fingerprint density at radius 3 is 2.65 bits per heavy atom. The van der Waals surface area contributed by atoms with Crippen molar-refractivity contribution < 1.29 is 0 Å². The van der Waals surface area contributed by atoms with Gasteiger partial charge >= 0.3 is 0 Å². The van der Waals surface area contributed by atoms with Crippen molar-refractivity contribution in [1.82, 2.24) is 9.55 Å². The van der Waals surface area contributed by atoms with Crippen molar-refractivity contribution in [1.29, 1.82) is 0 Å². The van der Waals surface area contributed by atoms with Gasteiger partial charge < -0.3 is 4.57 Å². The molecular weight excluding hydrogens is 360 g/mol. The summed E-state index contributed by atoms with van der Waals surface area (Å²) in [5.41, 5.74) is 4.64. The molecular formula is C22H15ClN2S. The molecule has 0 N–H and O–H groups in total. The summed E-state index contributed by atoms with van der Waals surface area (Å²) < 4.78 is 3.50. The van der Waals surface area contributed by atoms with Crippen LogP contribution >= 0.6 is 22.9 Å². The van der Waals surface area contributed by atoms with Gasteiger partial charge in [0, 0.05) is 34.2 Å². The fourth-order valence-corrected chi connectivity index (χ4v) is 4.57. The normalized spacial score (nSPS) is 11.4. The van der Waals surface area contributed by atoms with Crippen molar-refractivity contribution in [3.63, 3.8) is 0 Å². The summed E-state index contributed by atoms with van der Waals surface area (Å²) in [7, 11) is 0. The Balaban J connectivity index is 1.66. The Morgan fingerprint density at radius 2 is 1.77 bits per heavy atom. The molecule has 0 unspecified atom stereocenters. The predicted octanol–water partition coefficient (Wildman–Crippen LogP) is 6.62. The average Bonchev–Trinajstić information content (AvgIpc) is 3.23. The molecule has 0 aliphatic carbocycles. The standard InChI is InChI=1S/C22H15ClN2S/c23-16-7-5-6-15(12-16)13-25-14-18(17-8-1-3-10-20(17)25)22-24-19-9-2-4-11-21(19)26-22/h1-12,14H,13H2. The number of para-hydroxylation sites is 2. The molecule has 2 heterocycles. The fraction of sp³-hybridized carbons (Fsp3) is 0.0455. The lowest BCUT2D eigenvalue weighted by Gasteiger charge is -2.05. The third kappa shape index (κ3) is 2.70. The smallest absolute Gasteiger partial charge is 0.126 e. The lowest BCUT2D eigenvalue weighted by atomic mass is 10.2. The summed E-state index contributed by atoms with van der Waals surface area (Å²) in [4.78, 5) is 4.85. The first kappa shape index (κ1) is 15.6. The molecule has 0 radical (unpaired) electrons. The summed E-state index contributed by atoms with van der Waals surface area (Å²) in [6, 6.07) is 24.8. The number of fused-ring (bicyclic) bond motifs is 2. The van der Waals surface area contributed by atoms with Gasteiger partial charge in [0.15, 0.2) is 0 Å². The van der Waals surface area contributed by atoms with Crippen LogP contribution in [-0.4, -0.2) is 9.55 Å². The quantitative estimate of drug-likeness (QED) is 0.347. The Bertz CT molecular complexity index is 1200. The summed E-state index contributed by atoms with van der Waals surface area (Å²) in [6.45, 7) is 0.784. The summed E-state index contributed by atoms with van der Waals surface area (Å²) in [5.74, 6) is 0. The van der Waals surface area contributed by atoms with Crippen LogP contribution in [0.15, 0.2) is 79.0 Å². The zero-order chi connectivity index (χ0) is 17.5. The molecule has 0 bridgehead atoms. The van der Waals surface area contributed by atoms with Crippen LogP contribution < -0.4 is 0 Å². The molecule has 5 rings (SSSR count). The van der Waals surface area contributed by atoms with Gasteiger partial charge in [-0.05, 0) is 35.9 Å². The maximum atomic E-state index is 6.16. The molecule has 4 heteroatoms. The minimum atomic E-state index is 0.769. The third-order valence-corrected chi connectivity index (χ3v) is 5.86. The van der Waals surface area contributed by atoms with E-state index in [1.807, 2.05) is 24.3 Å². The van der Waals surface area contributed by atoms with Gasteiger partial charge in [0.1, 0.15) is 5.01 Å². The number of hydrogen-bond donors (Lipinski definition) is 0. The molecule has 126 valence electrons. The molecule has 26 heavy (non-hydrogen) atoms. The van der Waals surface area contributed by atoms with E-state index in [4.69, 9.17) is 16.6 Å². The Morgan fingerprint density at radius 1 is 0.923 bits per heavy atom. The van der Waals surface area contributed by atoms with Crippen LogP contribution in [0.25, 0.3) is 31.7 Å². The zero-order valence-corrected chi connectivity index (χ0v) is 15.5. The second kappa shape index (κ2) is 6.27. The number of benzene rings is 3. The average molecular weight is 375 g/mol. The highest BCUT2D eigenvalue weighted by atomic mass is 35.5. The van der Waals surface area contributed by atoms with Gasteiger partial charge in [0.2, 0.25) is 0 Å². The first-order valence-corrected chi connectivity index (χ1v) is 9.66. The van der Waals surface area contributed by atoms with Gasteiger partial charge in [0.25, 0.3) is 0 Å². The lowest BCUT2D eigenvalue weighted by Crippen LogP contribution is -1.97. The Labute approximate surface area is 160 Å². The van der Waals surface area contributed by atoms with Gasteiger partial charge in [-0.2, -0.15) is 0 Å². The molecule has 0 spiro atoms. The maximum absolute atomic E-state index is 6.16. The van der Waals surface area contributed by atoms with Gasteiger partial charge in [-0.1, -0.05) is 54.1 Å². The van der Waals surface area contributed by atoms with E-state index in [0.29, 0.717) is 0 Å². The van der Waals surface area contributed by atoms with Crippen molar-refractivity contribution in [2.24, 2.45) is 0 Å². The minimum absolute atomic E-state index is 0.769. The summed E-state index contributed by atoms with van der Waals surface area (Å²) in [5, 5.41) is 3.06. The molecule has 2 aromatic heterocycles. The van der Waals surface area contributed by atoms with E-state index in [1.165, 1.54) is 26.7 Å². The number of rotatable bonds is 3. The first-order valence-electron chi connectivity index (χ1n) is 8.46. The predicted molar refractivity (Wildman–Crippen MR) is 111 cm³/mol. The van der Waals surface area contributed by atoms with Crippen LogP contribution in [0.5, 0.6) is 0 Å². The number of aromatic nitrogens is 2. The second-order valence-electron chi connectivity index (χ2n) is 6.30. The van der Waals surface area contributed by atoms with E-state index >= 15 is 0 Å². The van der Waals surface area contributed by atoms with Crippen LogP contribution in [0.3, 0.4) is 0 Å². The number of nitrogens with zero attached hydrogens (tertiary/aromatic N) is 2. The highest BCUT2D eigenvalue weighted by Gasteiger charge is 2.14. The molecule has 0 amide bonds. The van der Waals surface area contributed by atoms with Crippen molar-refractivity contribution in [2.45, 2.75) is 6.54 Å². The minimum Gasteiger partial charge on any atom is -0.342 e. The van der Waals surface area contributed by atoms with Crippen LogP contribution in [0, 0.1) is 0 Å². The van der Waals surface area contributed by atoms with Gasteiger partial charge in [0.05, 0.1) is 10.2 Å². The number of halogens is 1. The van der Waals surface area contributed by atoms with Gasteiger partial charge in [-0.25, -0.2) is 4.98 Å². The highest BCUT2D eigenvalue weighted by molar-refractivity contribution is 7.21. The van der Waals surface area contributed by atoms with Crippen molar-refractivity contribution >= 4 is 44.1 Å². The molecule has 2 nitrogen and oxygen atoms in total. The molecule has 0 aliphatic rings. The topological polar surface area (TPSA) is 17.8 Å². The van der Waals surface area contributed by atoms with Crippen molar-refractivity contribution in [2.75, 3.05) is 0 Å². The van der Waals surface area contributed by atoms with Crippen LogP contribution in [0.4, 0.5) is 0 Å². The zero-order valence-electron chi connectivity index (χ0n) is 13.9. The molecule has 0 fully saturated rings. The van der Waals surface area contributed by atoms with Crippen LogP contribution in [-0.2, 0) is 6.54 Å². The number of thiazole rings is 1. The number of hydrogen-bond acceptors (Lipinski definition) is 2. The van der Waals surface area contributed by atoms with Crippen molar-refractivity contribution in [3.05, 3.63) is 89.6 Å². The molecule has 0 aliphatic heterocycles. The SMILES string of the molecule is Clc1cccc(Cn2cc(-c3nc4ccccc4s3)c3ccccc32)c1. The van der Waals surface area contributed by atoms with E-state index in [9.17, 15) is 0 Å². The van der Waals surface area contributed by atoms with Crippen LogP contribution in [0.1, 0.15) is 5.56 Å². The van der Waals surface area contributed by atoms with E-state index in [1.54, 1.807) is 11.3 Å². The van der Waals surface area contributed by atoms with Crippen molar-refractivity contribution in [3.8, 4) is 10.6 Å². The molecule has 5 aromatic rings. The largest absolute Gasteiger partial charge is 0.342 e. The maximum Gasteiger partial charge on any atom is 0.126 e. The third-order valence-electron chi connectivity index (χ3n) is 4.55. The van der Waals surface area contributed by atoms with E-state index in [2.05, 4.69) is 59.3 Å². The lowest BCUT2D eigenvalue weighted by molar-refractivity contribution is 0.837. The summed E-state index contributed by atoms with van der Waals surface area (Å²) in [6.07, 6.45) is 2.21. The second-order valence-corrected chi connectivity index (χ2v) is 7.77. The molecule has 0 atom stereocenters. The molecule has 3 aromatic carbocycles. The van der Waals surface area contributed by atoms with Gasteiger partial charge in [-0.3, -0.25) is 0 Å². The summed E-state index contributed by atoms with van der Waals surface area (Å²) >= 11 is 7.90. The van der Waals surface area contributed by atoms with Gasteiger partial charge in [-0.15, -0.1) is 11.3 Å².